The van der Waals surface area contributed by atoms with Gasteiger partial charge in [0.05, 0.1) is 0 Å². The summed E-state index contributed by atoms with van der Waals surface area (Å²) in [5.74, 6) is -0.957. The molecule has 0 saturated heterocycles. The molecular formula is C25H25FO3. The predicted molar refractivity (Wildman–Crippen MR) is 113 cm³/mol. The minimum Gasteiger partial charge on any atom is -0.489 e. The molecule has 0 amide bonds. The number of hydrogen-bond acceptors (Lipinski definition) is 2. The number of hydrogen-bond donors (Lipinski definition) is 1. The van der Waals surface area contributed by atoms with E-state index < -0.39 is 11.8 Å². The van der Waals surface area contributed by atoms with Crippen LogP contribution in [0, 0.1) is 26.6 Å². The Morgan fingerprint density at radius 3 is 2.38 bits per heavy atom. The van der Waals surface area contributed by atoms with E-state index in [9.17, 15) is 9.18 Å². The standard InChI is InChI=1S/C25H25FO3/c1-16-11-17(2)25(18(3)12-16)21-6-4-5-19(13-21)15-29-22-9-7-20(23(26)14-22)8-10-24(27)28/h4-7,9,11-14H,8,10,15H2,1-3H3,(H,27,28). The lowest BCUT2D eigenvalue weighted by atomic mass is 9.93. The van der Waals surface area contributed by atoms with Crippen LogP contribution in [0.15, 0.2) is 54.6 Å². The highest BCUT2D eigenvalue weighted by molar-refractivity contribution is 5.71. The molecule has 0 bridgehead atoms. The van der Waals surface area contributed by atoms with E-state index in [1.54, 1.807) is 12.1 Å². The van der Waals surface area contributed by atoms with Gasteiger partial charge in [0.1, 0.15) is 18.2 Å². The largest absolute Gasteiger partial charge is 0.489 e. The molecule has 0 unspecified atom stereocenters. The first-order valence-corrected chi connectivity index (χ1v) is 9.63. The molecule has 3 rings (SSSR count). The molecule has 0 aliphatic heterocycles. The lowest BCUT2D eigenvalue weighted by molar-refractivity contribution is -0.136. The SMILES string of the molecule is Cc1cc(C)c(-c2cccc(COc3ccc(CCC(=O)O)c(F)c3)c2)c(C)c1. The molecule has 0 radical (unpaired) electrons. The lowest BCUT2D eigenvalue weighted by Crippen LogP contribution is -2.01. The molecular weight excluding hydrogens is 367 g/mol. The Kier molecular flexibility index (Phi) is 6.32. The van der Waals surface area contributed by atoms with Crippen LogP contribution in [0.25, 0.3) is 11.1 Å². The normalized spacial score (nSPS) is 10.8. The summed E-state index contributed by atoms with van der Waals surface area (Å²) in [5.41, 5.74) is 7.46. The maximum absolute atomic E-state index is 14.2. The molecule has 4 heteroatoms. The predicted octanol–water partition coefficient (Wildman–Crippen LogP) is 6.01. The van der Waals surface area contributed by atoms with Crippen molar-refractivity contribution < 1.29 is 19.0 Å². The van der Waals surface area contributed by atoms with Crippen LogP contribution in [0.4, 0.5) is 4.39 Å². The van der Waals surface area contributed by atoms with Gasteiger partial charge in [0.2, 0.25) is 0 Å². The van der Waals surface area contributed by atoms with Crippen LogP contribution in [-0.2, 0) is 17.8 Å². The smallest absolute Gasteiger partial charge is 0.303 e. The fraction of sp³-hybridized carbons (Fsp3) is 0.240. The van der Waals surface area contributed by atoms with Gasteiger partial charge in [-0.3, -0.25) is 4.79 Å². The molecule has 3 aromatic rings. The second-order valence-corrected chi connectivity index (χ2v) is 7.41. The van der Waals surface area contributed by atoms with Crippen molar-refractivity contribution in [3.05, 3.63) is 88.2 Å². The Hall–Kier alpha value is -3.14. The highest BCUT2D eigenvalue weighted by Gasteiger charge is 2.09. The van der Waals surface area contributed by atoms with Gasteiger partial charge in [-0.1, -0.05) is 42.0 Å². The van der Waals surface area contributed by atoms with Gasteiger partial charge in [-0.05, 0) is 72.7 Å². The third-order valence-electron chi connectivity index (χ3n) is 4.93. The zero-order valence-electron chi connectivity index (χ0n) is 17.0. The number of rotatable bonds is 7. The minimum atomic E-state index is -0.941. The van der Waals surface area contributed by atoms with Crippen molar-refractivity contribution in [1.82, 2.24) is 0 Å². The number of benzene rings is 3. The van der Waals surface area contributed by atoms with Gasteiger partial charge in [0.15, 0.2) is 0 Å². The maximum atomic E-state index is 14.2. The summed E-state index contributed by atoms with van der Waals surface area (Å²) < 4.78 is 19.9. The summed E-state index contributed by atoms with van der Waals surface area (Å²) in [6.45, 7) is 6.66. The van der Waals surface area contributed by atoms with Gasteiger partial charge in [-0.15, -0.1) is 0 Å². The van der Waals surface area contributed by atoms with Crippen LogP contribution >= 0.6 is 0 Å². The van der Waals surface area contributed by atoms with Crippen molar-refractivity contribution in [3.63, 3.8) is 0 Å². The Morgan fingerprint density at radius 2 is 1.72 bits per heavy atom. The van der Waals surface area contributed by atoms with Crippen molar-refractivity contribution in [1.29, 1.82) is 0 Å². The number of carboxylic acids is 1. The average Bonchev–Trinajstić information content (AvgIpc) is 2.65. The molecule has 1 N–H and O–H groups in total. The first-order chi connectivity index (χ1) is 13.8. The van der Waals surface area contributed by atoms with Gasteiger partial charge >= 0.3 is 5.97 Å². The molecule has 0 fully saturated rings. The molecule has 0 saturated carbocycles. The highest BCUT2D eigenvalue weighted by atomic mass is 19.1. The molecule has 0 heterocycles. The summed E-state index contributed by atoms with van der Waals surface area (Å²) in [7, 11) is 0. The van der Waals surface area contributed by atoms with E-state index in [2.05, 4.69) is 45.0 Å². The Labute approximate surface area is 170 Å². The van der Waals surface area contributed by atoms with Gasteiger partial charge in [-0.25, -0.2) is 4.39 Å². The molecule has 0 aliphatic rings. The molecule has 150 valence electrons. The van der Waals surface area contributed by atoms with Crippen molar-refractivity contribution in [2.45, 2.75) is 40.2 Å². The number of aliphatic carboxylic acids is 1. The second-order valence-electron chi connectivity index (χ2n) is 7.41. The second kappa shape index (κ2) is 8.91. The van der Waals surface area contributed by atoms with E-state index in [0.29, 0.717) is 17.9 Å². The molecule has 0 aliphatic carbocycles. The molecule has 29 heavy (non-hydrogen) atoms. The number of carbonyl (C=O) groups is 1. The van der Waals surface area contributed by atoms with E-state index in [1.807, 2.05) is 12.1 Å². The van der Waals surface area contributed by atoms with Gasteiger partial charge < -0.3 is 9.84 Å². The molecule has 3 nitrogen and oxygen atoms in total. The van der Waals surface area contributed by atoms with E-state index in [0.717, 1.165) is 11.1 Å². The average molecular weight is 392 g/mol. The molecule has 0 spiro atoms. The van der Waals surface area contributed by atoms with Crippen LogP contribution in [0.2, 0.25) is 0 Å². The fourth-order valence-electron chi connectivity index (χ4n) is 3.68. The number of aryl methyl sites for hydroxylation is 4. The van der Waals surface area contributed by atoms with Gasteiger partial charge in [-0.2, -0.15) is 0 Å². The summed E-state index contributed by atoms with van der Waals surface area (Å²) in [4.78, 5) is 10.7. The van der Waals surface area contributed by atoms with Crippen LogP contribution < -0.4 is 4.74 Å². The monoisotopic (exact) mass is 392 g/mol. The Bertz CT molecular complexity index is 1020. The van der Waals surface area contributed by atoms with Crippen LogP contribution in [0.1, 0.15) is 34.2 Å². The number of halogens is 1. The molecule has 0 aromatic heterocycles. The topological polar surface area (TPSA) is 46.5 Å². The van der Waals surface area contributed by atoms with Crippen LogP contribution in [0.5, 0.6) is 5.75 Å². The maximum Gasteiger partial charge on any atom is 0.303 e. The number of carboxylic acid groups (broad SMARTS) is 1. The summed E-state index contributed by atoms with van der Waals surface area (Å²) >= 11 is 0. The first kappa shape index (κ1) is 20.6. The van der Waals surface area contributed by atoms with Crippen molar-refractivity contribution in [2.24, 2.45) is 0 Å². The van der Waals surface area contributed by atoms with E-state index in [4.69, 9.17) is 9.84 Å². The third-order valence-corrected chi connectivity index (χ3v) is 4.93. The Balaban J connectivity index is 1.73. The lowest BCUT2D eigenvalue weighted by Gasteiger charge is -2.13. The zero-order valence-corrected chi connectivity index (χ0v) is 17.0. The number of ether oxygens (including phenoxy) is 1. The minimum absolute atomic E-state index is 0.0955. The van der Waals surface area contributed by atoms with Crippen molar-refractivity contribution in [3.8, 4) is 16.9 Å². The van der Waals surface area contributed by atoms with E-state index in [-0.39, 0.29) is 12.8 Å². The summed E-state index contributed by atoms with van der Waals surface area (Å²) in [6.07, 6.45) is 0.0699. The fourth-order valence-corrected chi connectivity index (χ4v) is 3.68. The van der Waals surface area contributed by atoms with Crippen molar-refractivity contribution in [2.75, 3.05) is 0 Å². The quantitative estimate of drug-likeness (QED) is 0.535. The van der Waals surface area contributed by atoms with Crippen molar-refractivity contribution >= 4 is 5.97 Å². The van der Waals surface area contributed by atoms with E-state index >= 15 is 0 Å². The van der Waals surface area contributed by atoms with E-state index in [1.165, 1.54) is 28.3 Å². The summed E-state index contributed by atoms with van der Waals surface area (Å²) in [5, 5.41) is 8.74. The van der Waals surface area contributed by atoms with Gasteiger partial charge in [0, 0.05) is 12.5 Å². The van der Waals surface area contributed by atoms with Crippen LogP contribution in [0.3, 0.4) is 0 Å². The van der Waals surface area contributed by atoms with Crippen LogP contribution in [-0.4, -0.2) is 11.1 Å². The molecule has 3 aromatic carbocycles. The molecule has 0 atom stereocenters. The Morgan fingerprint density at radius 1 is 1.00 bits per heavy atom. The highest BCUT2D eigenvalue weighted by Crippen LogP contribution is 2.29. The van der Waals surface area contributed by atoms with Gasteiger partial charge in [0.25, 0.3) is 0 Å². The third kappa shape index (κ3) is 5.23. The first-order valence-electron chi connectivity index (χ1n) is 9.63. The zero-order chi connectivity index (χ0) is 21.0. The summed E-state index contributed by atoms with van der Waals surface area (Å²) in [6, 6.07) is 17.1.